The Bertz CT molecular complexity index is 700. The van der Waals surface area contributed by atoms with E-state index >= 15 is 0 Å². The van der Waals surface area contributed by atoms with Crippen LogP contribution in [0, 0.1) is 0 Å². The summed E-state index contributed by atoms with van der Waals surface area (Å²) in [5, 5.41) is 1.47. The van der Waals surface area contributed by atoms with Crippen LogP contribution in [0.2, 0.25) is 5.02 Å². The summed E-state index contributed by atoms with van der Waals surface area (Å²) in [6, 6.07) is 7.51. The van der Waals surface area contributed by atoms with Gasteiger partial charge in [-0.2, -0.15) is 0 Å². The van der Waals surface area contributed by atoms with Crippen molar-refractivity contribution in [2.24, 2.45) is 0 Å². The van der Waals surface area contributed by atoms with Gasteiger partial charge >= 0.3 is 0 Å². The number of carbonyl (C=O) groups excluding carboxylic acids is 2. The Kier molecular flexibility index (Phi) is 4.49. The number of likely N-dealkylation sites (tertiary alicyclic amines) is 1. The molecule has 7 heteroatoms. The fourth-order valence-electron chi connectivity index (χ4n) is 2.32. The molecule has 2 aromatic rings. The van der Waals surface area contributed by atoms with Crippen molar-refractivity contribution in [2.75, 3.05) is 12.3 Å². The first-order chi connectivity index (χ1) is 10.6. The zero-order chi connectivity index (χ0) is 15.5. The predicted octanol–water partition coefficient (Wildman–Crippen LogP) is 2.77. The Balaban J connectivity index is 1.66. The van der Waals surface area contributed by atoms with Gasteiger partial charge in [0.05, 0.1) is 0 Å². The molecule has 2 heterocycles. The highest BCUT2D eigenvalue weighted by Crippen LogP contribution is 2.23. The predicted molar refractivity (Wildman–Crippen MR) is 85.3 cm³/mol. The number of nitrogens with zero attached hydrogens (tertiary/aromatic N) is 3. The maximum absolute atomic E-state index is 11.6. The summed E-state index contributed by atoms with van der Waals surface area (Å²) >= 11 is 7.52. The highest BCUT2D eigenvalue weighted by Gasteiger charge is 2.28. The molecule has 1 aliphatic heterocycles. The maximum atomic E-state index is 11.6. The second kappa shape index (κ2) is 6.54. The van der Waals surface area contributed by atoms with E-state index in [4.69, 9.17) is 11.6 Å². The molecular weight excluding hydrogens is 322 g/mol. The Labute approximate surface area is 137 Å². The van der Waals surface area contributed by atoms with Crippen LogP contribution in [0.25, 0.3) is 5.69 Å². The summed E-state index contributed by atoms with van der Waals surface area (Å²) in [4.78, 5) is 28.8. The molecule has 0 N–H and O–H groups in total. The quantitative estimate of drug-likeness (QED) is 0.623. The van der Waals surface area contributed by atoms with Gasteiger partial charge in [0, 0.05) is 48.2 Å². The van der Waals surface area contributed by atoms with Gasteiger partial charge < -0.3 is 0 Å². The standard InChI is InChI=1S/C15H14ClN3O2S/c16-11-2-1-3-12(10-11)18-7-6-17-15(18)22-9-8-19-13(20)4-5-14(19)21/h1-3,6-7,10H,4-5,8-9H2. The molecule has 1 saturated heterocycles. The number of halogens is 1. The number of hydrogen-bond acceptors (Lipinski definition) is 4. The van der Waals surface area contributed by atoms with Gasteiger partial charge in [-0.1, -0.05) is 29.4 Å². The van der Waals surface area contributed by atoms with E-state index in [1.54, 1.807) is 6.20 Å². The van der Waals surface area contributed by atoms with E-state index in [9.17, 15) is 9.59 Å². The molecule has 0 spiro atoms. The summed E-state index contributed by atoms with van der Waals surface area (Å²) < 4.78 is 1.93. The third-order valence-corrected chi connectivity index (χ3v) is 4.58. The third-order valence-electron chi connectivity index (χ3n) is 3.39. The number of imidazole rings is 1. The molecule has 0 radical (unpaired) electrons. The number of imide groups is 1. The lowest BCUT2D eigenvalue weighted by atomic mass is 10.3. The van der Waals surface area contributed by atoms with Gasteiger partial charge in [0.25, 0.3) is 0 Å². The van der Waals surface area contributed by atoms with Gasteiger partial charge in [-0.05, 0) is 18.2 Å². The van der Waals surface area contributed by atoms with Crippen LogP contribution in [0.4, 0.5) is 0 Å². The molecule has 0 bridgehead atoms. The van der Waals surface area contributed by atoms with Gasteiger partial charge in [-0.25, -0.2) is 4.98 Å². The fourth-order valence-corrected chi connectivity index (χ4v) is 3.40. The number of carbonyl (C=O) groups is 2. The Morgan fingerprint density at radius 3 is 2.73 bits per heavy atom. The number of hydrogen-bond donors (Lipinski definition) is 0. The second-order valence-electron chi connectivity index (χ2n) is 4.85. The monoisotopic (exact) mass is 335 g/mol. The van der Waals surface area contributed by atoms with E-state index < -0.39 is 0 Å². The SMILES string of the molecule is O=C1CCC(=O)N1CCSc1nccn1-c1cccc(Cl)c1. The molecule has 2 amide bonds. The normalized spacial score (nSPS) is 14.9. The van der Waals surface area contributed by atoms with Gasteiger partial charge in [0.2, 0.25) is 11.8 Å². The largest absolute Gasteiger partial charge is 0.295 e. The molecule has 1 fully saturated rings. The molecule has 22 heavy (non-hydrogen) atoms. The Hall–Kier alpha value is -1.79. The van der Waals surface area contributed by atoms with Crippen molar-refractivity contribution in [3.05, 3.63) is 41.7 Å². The summed E-state index contributed by atoms with van der Waals surface area (Å²) in [6.07, 6.45) is 4.25. The lowest BCUT2D eigenvalue weighted by Crippen LogP contribution is -2.31. The minimum absolute atomic E-state index is 0.0798. The average Bonchev–Trinajstić information content (AvgIpc) is 3.08. The summed E-state index contributed by atoms with van der Waals surface area (Å²) in [5.74, 6) is 0.460. The van der Waals surface area contributed by atoms with Crippen molar-refractivity contribution in [1.82, 2.24) is 14.5 Å². The number of thioether (sulfide) groups is 1. The molecule has 0 aliphatic carbocycles. The van der Waals surface area contributed by atoms with Gasteiger partial charge in [0.1, 0.15) is 0 Å². The fraction of sp³-hybridized carbons (Fsp3) is 0.267. The van der Waals surface area contributed by atoms with Crippen LogP contribution < -0.4 is 0 Å². The number of rotatable bonds is 5. The smallest absolute Gasteiger partial charge is 0.229 e. The van der Waals surface area contributed by atoms with Crippen molar-refractivity contribution in [2.45, 2.75) is 18.0 Å². The maximum Gasteiger partial charge on any atom is 0.229 e. The molecule has 114 valence electrons. The van der Waals surface area contributed by atoms with Crippen LogP contribution in [0.5, 0.6) is 0 Å². The molecular formula is C15H14ClN3O2S. The van der Waals surface area contributed by atoms with E-state index in [1.165, 1.54) is 16.7 Å². The molecule has 3 rings (SSSR count). The van der Waals surface area contributed by atoms with Gasteiger partial charge in [-0.3, -0.25) is 19.1 Å². The Morgan fingerprint density at radius 2 is 2.00 bits per heavy atom. The summed E-state index contributed by atoms with van der Waals surface area (Å²) in [6.45, 7) is 0.421. The molecule has 0 unspecified atom stereocenters. The number of amides is 2. The topological polar surface area (TPSA) is 55.2 Å². The zero-order valence-corrected chi connectivity index (χ0v) is 13.3. The van der Waals surface area contributed by atoms with Crippen LogP contribution in [-0.2, 0) is 9.59 Å². The van der Waals surface area contributed by atoms with E-state index in [1.807, 2.05) is 35.0 Å². The van der Waals surface area contributed by atoms with Crippen LogP contribution in [-0.4, -0.2) is 38.6 Å². The van der Waals surface area contributed by atoms with Crippen molar-refractivity contribution in [1.29, 1.82) is 0 Å². The molecule has 1 aromatic carbocycles. The van der Waals surface area contributed by atoms with Crippen molar-refractivity contribution in [3.63, 3.8) is 0 Å². The van der Waals surface area contributed by atoms with Gasteiger partial charge in [-0.15, -0.1) is 0 Å². The molecule has 0 atom stereocenters. The lowest BCUT2D eigenvalue weighted by Gasteiger charge is -2.13. The molecule has 0 saturated carbocycles. The van der Waals surface area contributed by atoms with Crippen molar-refractivity contribution >= 4 is 35.2 Å². The summed E-state index contributed by atoms with van der Waals surface area (Å²) in [7, 11) is 0. The van der Waals surface area contributed by atoms with Gasteiger partial charge in [0.15, 0.2) is 5.16 Å². The minimum atomic E-state index is -0.0798. The van der Waals surface area contributed by atoms with Crippen LogP contribution in [0.15, 0.2) is 41.8 Å². The highest BCUT2D eigenvalue weighted by molar-refractivity contribution is 7.99. The Morgan fingerprint density at radius 1 is 1.23 bits per heavy atom. The van der Waals surface area contributed by atoms with E-state index in [-0.39, 0.29) is 11.8 Å². The number of benzene rings is 1. The van der Waals surface area contributed by atoms with Crippen molar-refractivity contribution in [3.8, 4) is 5.69 Å². The van der Waals surface area contributed by atoms with Crippen LogP contribution in [0.1, 0.15) is 12.8 Å². The lowest BCUT2D eigenvalue weighted by molar-refractivity contribution is -0.137. The zero-order valence-electron chi connectivity index (χ0n) is 11.7. The average molecular weight is 336 g/mol. The first kappa shape index (κ1) is 15.1. The van der Waals surface area contributed by atoms with E-state index in [0.717, 1.165) is 10.8 Å². The first-order valence-corrected chi connectivity index (χ1v) is 8.27. The van der Waals surface area contributed by atoms with Crippen LogP contribution in [0.3, 0.4) is 0 Å². The number of aromatic nitrogens is 2. The second-order valence-corrected chi connectivity index (χ2v) is 6.35. The minimum Gasteiger partial charge on any atom is -0.295 e. The highest BCUT2D eigenvalue weighted by atomic mass is 35.5. The first-order valence-electron chi connectivity index (χ1n) is 6.90. The third kappa shape index (κ3) is 3.18. The molecule has 1 aromatic heterocycles. The van der Waals surface area contributed by atoms with E-state index in [0.29, 0.717) is 30.2 Å². The molecule has 5 nitrogen and oxygen atoms in total. The summed E-state index contributed by atoms with van der Waals surface area (Å²) in [5.41, 5.74) is 0.931. The van der Waals surface area contributed by atoms with Crippen LogP contribution >= 0.6 is 23.4 Å². The molecule has 1 aliphatic rings. The van der Waals surface area contributed by atoms with E-state index in [2.05, 4.69) is 4.98 Å². The van der Waals surface area contributed by atoms with Crippen molar-refractivity contribution < 1.29 is 9.59 Å².